The standard InChI is InChI=1S/C18H19FN4O/c19-18(6-8-20-9-7-18)12-24-16-10-15(14-4-2-1-3-5-14)11-23-13-21-22-17(16)23/h1-5,10-11,13,20H,6-9,12H2. The van der Waals surface area contributed by atoms with Crippen molar-refractivity contribution in [3.8, 4) is 16.9 Å². The Bertz CT molecular complexity index is 827. The third-order valence-electron chi connectivity index (χ3n) is 4.45. The van der Waals surface area contributed by atoms with Crippen LogP contribution in [0.2, 0.25) is 0 Å². The maximum absolute atomic E-state index is 14.8. The van der Waals surface area contributed by atoms with Crippen molar-refractivity contribution in [1.82, 2.24) is 19.9 Å². The Morgan fingerprint density at radius 2 is 1.96 bits per heavy atom. The first-order valence-electron chi connectivity index (χ1n) is 8.15. The van der Waals surface area contributed by atoms with Crippen LogP contribution in [0, 0.1) is 0 Å². The maximum Gasteiger partial charge on any atom is 0.203 e. The monoisotopic (exact) mass is 326 g/mol. The number of hydrogen-bond donors (Lipinski definition) is 1. The lowest BCUT2D eigenvalue weighted by Gasteiger charge is -2.29. The second-order valence-corrected chi connectivity index (χ2v) is 6.21. The van der Waals surface area contributed by atoms with Crippen molar-refractivity contribution in [1.29, 1.82) is 0 Å². The molecule has 4 rings (SSSR count). The molecule has 0 radical (unpaired) electrons. The first-order chi connectivity index (χ1) is 11.7. The van der Waals surface area contributed by atoms with Crippen LogP contribution < -0.4 is 10.1 Å². The molecule has 1 aliphatic heterocycles. The quantitative estimate of drug-likeness (QED) is 0.801. The molecule has 1 aliphatic rings. The Balaban J connectivity index is 1.65. The molecule has 0 aliphatic carbocycles. The van der Waals surface area contributed by atoms with Crippen LogP contribution in [0.5, 0.6) is 5.75 Å². The highest BCUT2D eigenvalue weighted by Gasteiger charge is 2.32. The molecule has 1 N–H and O–H groups in total. The van der Waals surface area contributed by atoms with Gasteiger partial charge in [0.2, 0.25) is 5.65 Å². The van der Waals surface area contributed by atoms with Crippen LogP contribution in [0.4, 0.5) is 4.39 Å². The molecule has 5 nitrogen and oxygen atoms in total. The summed E-state index contributed by atoms with van der Waals surface area (Å²) in [4.78, 5) is 0. The number of piperidine rings is 1. The molecular formula is C18H19FN4O. The second-order valence-electron chi connectivity index (χ2n) is 6.21. The Morgan fingerprint density at radius 1 is 1.17 bits per heavy atom. The number of nitrogens with one attached hydrogen (secondary N) is 1. The summed E-state index contributed by atoms with van der Waals surface area (Å²) in [5, 5.41) is 11.2. The minimum atomic E-state index is -1.29. The Kier molecular flexibility index (Phi) is 3.90. The molecule has 0 bridgehead atoms. The van der Waals surface area contributed by atoms with Gasteiger partial charge in [0.15, 0.2) is 5.75 Å². The molecule has 0 amide bonds. The fourth-order valence-electron chi connectivity index (χ4n) is 3.03. The van der Waals surface area contributed by atoms with E-state index in [0.717, 1.165) is 11.1 Å². The normalized spacial score (nSPS) is 17.0. The SMILES string of the molecule is FC1(COc2cc(-c3ccccc3)cn3cnnc23)CCNCC1. The molecule has 24 heavy (non-hydrogen) atoms. The minimum Gasteiger partial charge on any atom is -0.486 e. The molecule has 3 heterocycles. The van der Waals surface area contributed by atoms with Gasteiger partial charge in [0.05, 0.1) is 0 Å². The van der Waals surface area contributed by atoms with Crippen LogP contribution in [0.1, 0.15) is 12.8 Å². The molecule has 2 aromatic heterocycles. The van der Waals surface area contributed by atoms with E-state index in [9.17, 15) is 4.39 Å². The number of fused-ring (bicyclic) bond motifs is 1. The number of pyridine rings is 1. The molecule has 3 aromatic rings. The van der Waals surface area contributed by atoms with Gasteiger partial charge in [0.1, 0.15) is 18.6 Å². The summed E-state index contributed by atoms with van der Waals surface area (Å²) in [6.45, 7) is 1.41. The number of halogens is 1. The van der Waals surface area contributed by atoms with Gasteiger partial charge in [-0.2, -0.15) is 0 Å². The number of aromatic nitrogens is 3. The smallest absolute Gasteiger partial charge is 0.203 e. The molecule has 0 saturated carbocycles. The summed E-state index contributed by atoms with van der Waals surface area (Å²) in [5.74, 6) is 0.560. The third kappa shape index (κ3) is 2.97. The van der Waals surface area contributed by atoms with Crippen LogP contribution in [-0.4, -0.2) is 40.0 Å². The van der Waals surface area contributed by atoms with E-state index in [1.54, 1.807) is 6.33 Å². The van der Waals surface area contributed by atoms with Gasteiger partial charge < -0.3 is 10.1 Å². The van der Waals surface area contributed by atoms with Crippen molar-refractivity contribution < 1.29 is 9.13 Å². The van der Waals surface area contributed by atoms with Crippen molar-refractivity contribution in [2.45, 2.75) is 18.5 Å². The number of nitrogens with zero attached hydrogens (tertiary/aromatic N) is 3. The van der Waals surface area contributed by atoms with Crippen LogP contribution in [0.25, 0.3) is 16.8 Å². The van der Waals surface area contributed by atoms with E-state index in [4.69, 9.17) is 4.74 Å². The summed E-state index contributed by atoms with van der Waals surface area (Å²) < 4.78 is 22.5. The van der Waals surface area contributed by atoms with Crippen molar-refractivity contribution >= 4 is 5.65 Å². The highest BCUT2D eigenvalue weighted by Crippen LogP contribution is 2.29. The average molecular weight is 326 g/mol. The second kappa shape index (κ2) is 6.20. The summed E-state index contributed by atoms with van der Waals surface area (Å²) in [5.41, 5.74) is 1.36. The molecule has 0 unspecified atom stereocenters. The number of ether oxygens (including phenoxy) is 1. The van der Waals surface area contributed by atoms with E-state index in [1.807, 2.05) is 47.0 Å². The van der Waals surface area contributed by atoms with Gasteiger partial charge in [-0.15, -0.1) is 10.2 Å². The molecular weight excluding hydrogens is 307 g/mol. The zero-order chi connectivity index (χ0) is 16.4. The average Bonchev–Trinajstić information content (AvgIpc) is 3.10. The lowest BCUT2D eigenvalue weighted by atomic mass is 9.95. The fourth-order valence-corrected chi connectivity index (χ4v) is 3.03. The zero-order valence-corrected chi connectivity index (χ0v) is 13.3. The summed E-state index contributed by atoms with van der Waals surface area (Å²) >= 11 is 0. The van der Waals surface area contributed by atoms with Crippen LogP contribution >= 0.6 is 0 Å². The van der Waals surface area contributed by atoms with Crippen LogP contribution in [0.3, 0.4) is 0 Å². The number of rotatable bonds is 4. The number of benzene rings is 1. The van der Waals surface area contributed by atoms with Crippen molar-refractivity contribution in [3.05, 3.63) is 48.9 Å². The van der Waals surface area contributed by atoms with E-state index >= 15 is 0 Å². The molecule has 1 aromatic carbocycles. The Labute approximate surface area is 139 Å². The first-order valence-corrected chi connectivity index (χ1v) is 8.15. The van der Waals surface area contributed by atoms with Gasteiger partial charge in [-0.05, 0) is 37.6 Å². The molecule has 0 atom stereocenters. The van der Waals surface area contributed by atoms with E-state index in [-0.39, 0.29) is 6.61 Å². The van der Waals surface area contributed by atoms with E-state index < -0.39 is 5.67 Å². The molecule has 6 heteroatoms. The van der Waals surface area contributed by atoms with Crippen molar-refractivity contribution in [2.24, 2.45) is 0 Å². The zero-order valence-electron chi connectivity index (χ0n) is 13.3. The van der Waals surface area contributed by atoms with Gasteiger partial charge in [-0.1, -0.05) is 30.3 Å². The minimum absolute atomic E-state index is 0.0371. The predicted molar refractivity (Wildman–Crippen MR) is 89.9 cm³/mol. The summed E-state index contributed by atoms with van der Waals surface area (Å²) in [7, 11) is 0. The lowest BCUT2D eigenvalue weighted by molar-refractivity contribution is 0.0544. The van der Waals surface area contributed by atoms with Gasteiger partial charge in [-0.3, -0.25) is 4.40 Å². The van der Waals surface area contributed by atoms with E-state index in [0.29, 0.717) is 37.3 Å². The van der Waals surface area contributed by atoms with E-state index in [1.165, 1.54) is 0 Å². The van der Waals surface area contributed by atoms with Crippen molar-refractivity contribution in [3.63, 3.8) is 0 Å². The molecule has 124 valence electrons. The van der Waals surface area contributed by atoms with E-state index in [2.05, 4.69) is 15.5 Å². The Morgan fingerprint density at radius 3 is 2.75 bits per heavy atom. The van der Waals surface area contributed by atoms with Crippen molar-refractivity contribution in [2.75, 3.05) is 19.7 Å². The lowest BCUT2D eigenvalue weighted by Crippen LogP contribution is -2.42. The van der Waals surface area contributed by atoms with Crippen LogP contribution in [-0.2, 0) is 0 Å². The molecule has 1 saturated heterocycles. The number of hydrogen-bond acceptors (Lipinski definition) is 4. The highest BCUT2D eigenvalue weighted by molar-refractivity contribution is 5.69. The van der Waals surface area contributed by atoms with Gasteiger partial charge in [0.25, 0.3) is 0 Å². The maximum atomic E-state index is 14.8. The van der Waals surface area contributed by atoms with Gasteiger partial charge in [0, 0.05) is 11.8 Å². The first kappa shape index (κ1) is 15.1. The highest BCUT2D eigenvalue weighted by atomic mass is 19.1. The number of alkyl halides is 1. The predicted octanol–water partition coefficient (Wildman–Crippen LogP) is 2.87. The van der Waals surface area contributed by atoms with Gasteiger partial charge in [-0.25, -0.2) is 4.39 Å². The third-order valence-corrected chi connectivity index (χ3v) is 4.45. The topological polar surface area (TPSA) is 51.5 Å². The molecule has 0 spiro atoms. The largest absolute Gasteiger partial charge is 0.486 e. The van der Waals surface area contributed by atoms with Crippen LogP contribution in [0.15, 0.2) is 48.9 Å². The summed E-state index contributed by atoms with van der Waals surface area (Å²) in [6, 6.07) is 11.9. The summed E-state index contributed by atoms with van der Waals surface area (Å²) in [6.07, 6.45) is 4.51. The Hall–Kier alpha value is -2.47. The fraction of sp³-hybridized carbons (Fsp3) is 0.333. The van der Waals surface area contributed by atoms with Gasteiger partial charge >= 0.3 is 0 Å². The molecule has 1 fully saturated rings.